The number of carbonyl (C=O) groups is 2. The van der Waals surface area contributed by atoms with Gasteiger partial charge in [-0.05, 0) is 30.5 Å². The van der Waals surface area contributed by atoms with Crippen molar-refractivity contribution in [2.75, 3.05) is 19.6 Å². The van der Waals surface area contributed by atoms with Crippen LogP contribution in [0.2, 0.25) is 0 Å². The van der Waals surface area contributed by atoms with Gasteiger partial charge in [0.05, 0.1) is 6.54 Å². The van der Waals surface area contributed by atoms with Gasteiger partial charge in [0.15, 0.2) is 0 Å². The van der Waals surface area contributed by atoms with Crippen molar-refractivity contribution in [3.63, 3.8) is 0 Å². The van der Waals surface area contributed by atoms with Crippen LogP contribution in [0.25, 0.3) is 0 Å². The number of amides is 2. The molecule has 5 nitrogen and oxygen atoms in total. The summed E-state index contributed by atoms with van der Waals surface area (Å²) in [4.78, 5) is 23.9. The van der Waals surface area contributed by atoms with E-state index in [2.05, 4.69) is 29.8 Å². The SMILES string of the molecule is CC1(C)CNCCC1NC(=O)CNC(=O)c1ccccc1. The fraction of sp³-hybridized carbons (Fsp3) is 0.500. The molecule has 5 heteroatoms. The van der Waals surface area contributed by atoms with E-state index in [0.717, 1.165) is 19.5 Å². The number of benzene rings is 1. The Morgan fingerprint density at radius 2 is 2.00 bits per heavy atom. The Morgan fingerprint density at radius 3 is 2.67 bits per heavy atom. The monoisotopic (exact) mass is 289 g/mol. The van der Waals surface area contributed by atoms with Crippen LogP contribution < -0.4 is 16.0 Å². The second-order valence-corrected chi connectivity index (χ2v) is 6.12. The zero-order valence-electron chi connectivity index (χ0n) is 12.6. The van der Waals surface area contributed by atoms with Crippen molar-refractivity contribution >= 4 is 11.8 Å². The van der Waals surface area contributed by atoms with Crippen molar-refractivity contribution in [3.05, 3.63) is 35.9 Å². The lowest BCUT2D eigenvalue weighted by molar-refractivity contribution is -0.121. The molecule has 0 radical (unpaired) electrons. The largest absolute Gasteiger partial charge is 0.351 e. The van der Waals surface area contributed by atoms with E-state index in [9.17, 15) is 9.59 Å². The number of carbonyl (C=O) groups excluding carboxylic acids is 2. The number of hydrogen-bond donors (Lipinski definition) is 3. The minimum absolute atomic E-state index is 0.00767. The third kappa shape index (κ3) is 4.29. The topological polar surface area (TPSA) is 70.2 Å². The number of rotatable bonds is 4. The molecule has 114 valence electrons. The first-order valence-electron chi connectivity index (χ1n) is 7.32. The number of piperidine rings is 1. The molecule has 2 rings (SSSR count). The Kier molecular flexibility index (Phi) is 4.96. The van der Waals surface area contributed by atoms with Gasteiger partial charge in [0.25, 0.3) is 5.91 Å². The molecule has 2 amide bonds. The van der Waals surface area contributed by atoms with Crippen LogP contribution >= 0.6 is 0 Å². The van der Waals surface area contributed by atoms with Gasteiger partial charge in [0.2, 0.25) is 5.91 Å². The van der Waals surface area contributed by atoms with Crippen molar-refractivity contribution in [1.82, 2.24) is 16.0 Å². The van der Waals surface area contributed by atoms with Crippen LogP contribution in [0.1, 0.15) is 30.6 Å². The molecule has 0 aromatic heterocycles. The molecule has 3 N–H and O–H groups in total. The zero-order chi connectivity index (χ0) is 15.3. The van der Waals surface area contributed by atoms with Crippen LogP contribution in [0.3, 0.4) is 0 Å². The first kappa shape index (κ1) is 15.5. The summed E-state index contributed by atoms with van der Waals surface area (Å²) in [6, 6.07) is 9.04. The summed E-state index contributed by atoms with van der Waals surface area (Å²) >= 11 is 0. The average molecular weight is 289 g/mol. The van der Waals surface area contributed by atoms with E-state index in [1.54, 1.807) is 24.3 Å². The zero-order valence-corrected chi connectivity index (χ0v) is 12.6. The fourth-order valence-electron chi connectivity index (χ4n) is 2.54. The smallest absolute Gasteiger partial charge is 0.251 e. The molecule has 21 heavy (non-hydrogen) atoms. The minimum Gasteiger partial charge on any atom is -0.351 e. The first-order valence-corrected chi connectivity index (χ1v) is 7.32. The maximum Gasteiger partial charge on any atom is 0.251 e. The molecular weight excluding hydrogens is 266 g/mol. The molecule has 1 unspecified atom stereocenters. The summed E-state index contributed by atoms with van der Waals surface area (Å²) in [5.41, 5.74) is 0.588. The molecule has 1 aliphatic rings. The van der Waals surface area contributed by atoms with Crippen molar-refractivity contribution in [2.24, 2.45) is 5.41 Å². The maximum absolute atomic E-state index is 12.0. The molecule has 0 bridgehead atoms. The molecule has 0 saturated carbocycles. The van der Waals surface area contributed by atoms with E-state index in [4.69, 9.17) is 0 Å². The Balaban J connectivity index is 1.81. The highest BCUT2D eigenvalue weighted by molar-refractivity contribution is 5.96. The van der Waals surface area contributed by atoms with Crippen LogP contribution in [0.15, 0.2) is 30.3 Å². The Labute approximate surface area is 125 Å². The minimum atomic E-state index is -0.227. The highest BCUT2D eigenvalue weighted by Crippen LogP contribution is 2.24. The molecular formula is C16H23N3O2. The summed E-state index contributed by atoms with van der Waals surface area (Å²) in [6.45, 7) is 6.06. The van der Waals surface area contributed by atoms with Crippen molar-refractivity contribution in [1.29, 1.82) is 0 Å². The maximum atomic E-state index is 12.0. The van der Waals surface area contributed by atoms with Crippen LogP contribution in [0, 0.1) is 5.41 Å². The van der Waals surface area contributed by atoms with E-state index in [0.29, 0.717) is 5.56 Å². The molecule has 0 aliphatic carbocycles. The number of nitrogens with one attached hydrogen (secondary N) is 3. The van der Waals surface area contributed by atoms with Crippen LogP contribution in [0.5, 0.6) is 0 Å². The Hall–Kier alpha value is -1.88. The third-order valence-corrected chi connectivity index (χ3v) is 3.91. The predicted molar refractivity (Wildman–Crippen MR) is 82.0 cm³/mol. The van der Waals surface area contributed by atoms with E-state index in [-0.39, 0.29) is 29.8 Å². The Morgan fingerprint density at radius 1 is 1.29 bits per heavy atom. The summed E-state index contributed by atoms with van der Waals surface area (Å²) in [7, 11) is 0. The van der Waals surface area contributed by atoms with Crippen molar-refractivity contribution in [2.45, 2.75) is 26.3 Å². The van der Waals surface area contributed by atoms with Crippen LogP contribution in [-0.2, 0) is 4.79 Å². The molecule has 1 fully saturated rings. The van der Waals surface area contributed by atoms with Gasteiger partial charge in [-0.25, -0.2) is 0 Å². The first-order chi connectivity index (χ1) is 9.99. The normalized spacial score (nSPS) is 20.6. The van der Waals surface area contributed by atoms with Gasteiger partial charge in [-0.3, -0.25) is 9.59 Å². The molecule has 1 heterocycles. The standard InChI is InChI=1S/C16H23N3O2/c1-16(2)11-17-9-8-13(16)19-14(20)10-18-15(21)12-6-4-3-5-7-12/h3-7,13,17H,8-11H2,1-2H3,(H,18,21)(H,19,20). The van der Waals surface area contributed by atoms with Gasteiger partial charge >= 0.3 is 0 Å². The van der Waals surface area contributed by atoms with Crippen molar-refractivity contribution in [3.8, 4) is 0 Å². The summed E-state index contributed by atoms with van der Waals surface area (Å²) < 4.78 is 0. The molecule has 1 saturated heterocycles. The van der Waals surface area contributed by atoms with Crippen LogP contribution in [0.4, 0.5) is 0 Å². The summed E-state index contributed by atoms with van der Waals surface area (Å²) in [5.74, 6) is -0.366. The van der Waals surface area contributed by atoms with Crippen molar-refractivity contribution < 1.29 is 9.59 Å². The quantitative estimate of drug-likeness (QED) is 0.772. The average Bonchev–Trinajstić information content (AvgIpc) is 2.48. The molecule has 0 spiro atoms. The number of hydrogen-bond acceptors (Lipinski definition) is 3. The van der Waals surface area contributed by atoms with E-state index in [1.165, 1.54) is 0 Å². The molecule has 1 aromatic carbocycles. The molecule has 1 aromatic rings. The van der Waals surface area contributed by atoms with Gasteiger partial charge in [0.1, 0.15) is 0 Å². The lowest BCUT2D eigenvalue weighted by Gasteiger charge is -2.39. The Bertz CT molecular complexity index is 500. The van der Waals surface area contributed by atoms with Gasteiger partial charge in [-0.15, -0.1) is 0 Å². The van der Waals surface area contributed by atoms with Gasteiger partial charge in [-0.2, -0.15) is 0 Å². The van der Waals surface area contributed by atoms with E-state index < -0.39 is 0 Å². The highest BCUT2D eigenvalue weighted by atomic mass is 16.2. The summed E-state index contributed by atoms with van der Waals surface area (Å²) in [5, 5.41) is 9.00. The predicted octanol–water partition coefficient (Wildman–Crippen LogP) is 0.921. The van der Waals surface area contributed by atoms with Gasteiger partial charge < -0.3 is 16.0 Å². The summed E-state index contributed by atoms with van der Waals surface area (Å²) in [6.07, 6.45) is 0.908. The lowest BCUT2D eigenvalue weighted by Crippen LogP contribution is -2.55. The van der Waals surface area contributed by atoms with E-state index >= 15 is 0 Å². The third-order valence-electron chi connectivity index (χ3n) is 3.91. The van der Waals surface area contributed by atoms with Gasteiger partial charge in [0, 0.05) is 18.2 Å². The second-order valence-electron chi connectivity index (χ2n) is 6.12. The highest BCUT2D eigenvalue weighted by Gasteiger charge is 2.33. The molecule has 1 aliphatic heterocycles. The van der Waals surface area contributed by atoms with Gasteiger partial charge in [-0.1, -0.05) is 32.0 Å². The lowest BCUT2D eigenvalue weighted by atomic mass is 9.80. The molecule has 1 atom stereocenters. The van der Waals surface area contributed by atoms with Crippen LogP contribution in [-0.4, -0.2) is 37.5 Å². The van der Waals surface area contributed by atoms with E-state index in [1.807, 2.05) is 6.07 Å². The fourth-order valence-corrected chi connectivity index (χ4v) is 2.54. The second kappa shape index (κ2) is 6.72.